The van der Waals surface area contributed by atoms with Crippen LogP contribution < -0.4 is 15.2 Å². The van der Waals surface area contributed by atoms with Crippen LogP contribution >= 0.6 is 11.3 Å². The van der Waals surface area contributed by atoms with Crippen LogP contribution in [0.15, 0.2) is 18.2 Å². The highest BCUT2D eigenvalue weighted by atomic mass is 32.1. The number of methoxy groups -OCH3 is 1. The quantitative estimate of drug-likeness (QED) is 0.850. The van der Waals surface area contributed by atoms with Crippen LogP contribution in [0, 0.1) is 13.8 Å². The fourth-order valence-electron chi connectivity index (χ4n) is 1.33. The third-order valence-electron chi connectivity index (χ3n) is 2.42. The fourth-order valence-corrected chi connectivity index (χ4v) is 2.10. The molecule has 0 aliphatic heterocycles. The van der Waals surface area contributed by atoms with E-state index in [-0.39, 0.29) is 0 Å². The average molecular weight is 250 g/mol. The van der Waals surface area contributed by atoms with E-state index >= 15 is 0 Å². The highest BCUT2D eigenvalue weighted by Gasteiger charge is 2.08. The van der Waals surface area contributed by atoms with Gasteiger partial charge in [-0.25, -0.2) is 4.98 Å². The zero-order chi connectivity index (χ0) is 12.4. The molecule has 0 spiro atoms. The lowest BCUT2D eigenvalue weighted by molar-refractivity contribution is 0.413. The number of ether oxygens (including phenoxy) is 2. The van der Waals surface area contributed by atoms with Crippen LogP contribution in [0.2, 0.25) is 0 Å². The maximum absolute atomic E-state index is 5.86. The van der Waals surface area contributed by atoms with Gasteiger partial charge in [-0.3, -0.25) is 0 Å². The van der Waals surface area contributed by atoms with E-state index < -0.39 is 0 Å². The van der Waals surface area contributed by atoms with Gasteiger partial charge in [0.2, 0.25) is 0 Å². The normalized spacial score (nSPS) is 10.3. The van der Waals surface area contributed by atoms with Gasteiger partial charge in [-0.15, -0.1) is 0 Å². The second kappa shape index (κ2) is 4.63. The highest BCUT2D eigenvalue weighted by Crippen LogP contribution is 2.33. The second-order valence-electron chi connectivity index (χ2n) is 3.63. The molecule has 2 rings (SSSR count). The van der Waals surface area contributed by atoms with Gasteiger partial charge in [0.25, 0.3) is 5.19 Å². The number of nitrogen functional groups attached to an aromatic ring is 1. The Morgan fingerprint density at radius 2 is 2.06 bits per heavy atom. The van der Waals surface area contributed by atoms with Crippen LogP contribution in [0.4, 0.5) is 5.69 Å². The first kappa shape index (κ1) is 11.7. The minimum Gasteiger partial charge on any atom is -0.497 e. The van der Waals surface area contributed by atoms with Gasteiger partial charge in [0.1, 0.15) is 5.75 Å². The summed E-state index contributed by atoms with van der Waals surface area (Å²) < 4.78 is 10.7. The summed E-state index contributed by atoms with van der Waals surface area (Å²) in [6.45, 7) is 3.97. The van der Waals surface area contributed by atoms with E-state index in [4.69, 9.17) is 15.2 Å². The summed E-state index contributed by atoms with van der Waals surface area (Å²) >= 11 is 1.51. The largest absolute Gasteiger partial charge is 0.497 e. The van der Waals surface area contributed by atoms with E-state index in [0.29, 0.717) is 22.4 Å². The summed E-state index contributed by atoms with van der Waals surface area (Å²) in [5, 5.41) is 0.608. The predicted octanol–water partition coefficient (Wildman–Crippen LogP) is 3.14. The van der Waals surface area contributed by atoms with Gasteiger partial charge in [0.05, 0.1) is 18.5 Å². The van der Waals surface area contributed by atoms with Gasteiger partial charge in [0.15, 0.2) is 5.75 Å². The Balaban J connectivity index is 2.24. The Hall–Kier alpha value is -1.75. The van der Waals surface area contributed by atoms with Crippen molar-refractivity contribution in [2.75, 3.05) is 12.8 Å². The van der Waals surface area contributed by atoms with Gasteiger partial charge in [-0.1, -0.05) is 11.3 Å². The summed E-state index contributed by atoms with van der Waals surface area (Å²) in [6.07, 6.45) is 0. The number of rotatable bonds is 3. The molecule has 5 heteroatoms. The summed E-state index contributed by atoms with van der Waals surface area (Å²) in [7, 11) is 1.60. The Bertz CT molecular complexity index is 518. The number of nitrogens with two attached hydrogens (primary N) is 1. The molecule has 0 amide bonds. The number of benzene rings is 1. The molecule has 0 saturated heterocycles. The molecule has 0 bridgehead atoms. The molecular formula is C12H14N2O2S. The molecule has 2 aromatic rings. The monoisotopic (exact) mass is 250 g/mol. The average Bonchev–Trinajstić information content (AvgIpc) is 2.61. The molecule has 0 saturated carbocycles. The molecule has 4 nitrogen and oxygen atoms in total. The molecule has 0 aliphatic carbocycles. The third kappa shape index (κ3) is 2.50. The van der Waals surface area contributed by atoms with Crippen LogP contribution in [-0.4, -0.2) is 12.1 Å². The van der Waals surface area contributed by atoms with Crippen molar-refractivity contribution in [3.8, 4) is 16.7 Å². The molecule has 0 atom stereocenters. The molecule has 1 aromatic heterocycles. The van der Waals surface area contributed by atoms with Gasteiger partial charge >= 0.3 is 0 Å². The zero-order valence-corrected chi connectivity index (χ0v) is 10.8. The molecule has 0 radical (unpaired) electrons. The van der Waals surface area contributed by atoms with Crippen molar-refractivity contribution in [2.24, 2.45) is 0 Å². The van der Waals surface area contributed by atoms with Gasteiger partial charge in [-0.05, 0) is 26.0 Å². The van der Waals surface area contributed by atoms with E-state index in [2.05, 4.69) is 4.98 Å². The minimum absolute atomic E-state index is 0.537. The number of hydrogen-bond acceptors (Lipinski definition) is 5. The fraction of sp³-hybridized carbons (Fsp3) is 0.250. The number of hydrogen-bond donors (Lipinski definition) is 1. The number of thiazole rings is 1. The SMILES string of the molecule is COc1ccc(Oc2nc(C)c(C)s2)c(N)c1. The smallest absolute Gasteiger partial charge is 0.279 e. The Kier molecular flexibility index (Phi) is 3.19. The van der Waals surface area contributed by atoms with E-state index in [1.165, 1.54) is 11.3 Å². The molecule has 0 unspecified atom stereocenters. The molecule has 1 heterocycles. The van der Waals surface area contributed by atoms with Crippen molar-refractivity contribution in [1.29, 1.82) is 0 Å². The molecule has 17 heavy (non-hydrogen) atoms. The topological polar surface area (TPSA) is 57.4 Å². The van der Waals surface area contributed by atoms with E-state index in [0.717, 1.165) is 10.6 Å². The molecule has 2 N–H and O–H groups in total. The lowest BCUT2D eigenvalue weighted by Gasteiger charge is -2.07. The van der Waals surface area contributed by atoms with Crippen molar-refractivity contribution in [3.05, 3.63) is 28.8 Å². The molecule has 90 valence electrons. The van der Waals surface area contributed by atoms with Gasteiger partial charge < -0.3 is 15.2 Å². The summed E-state index contributed by atoms with van der Waals surface area (Å²) in [4.78, 5) is 5.44. The highest BCUT2D eigenvalue weighted by molar-refractivity contribution is 7.13. The number of anilines is 1. The first-order valence-electron chi connectivity index (χ1n) is 5.15. The predicted molar refractivity (Wildman–Crippen MR) is 69.1 cm³/mol. The van der Waals surface area contributed by atoms with Crippen molar-refractivity contribution in [2.45, 2.75) is 13.8 Å². The van der Waals surface area contributed by atoms with Crippen molar-refractivity contribution < 1.29 is 9.47 Å². The van der Waals surface area contributed by atoms with Crippen LogP contribution in [-0.2, 0) is 0 Å². The number of aromatic nitrogens is 1. The summed E-state index contributed by atoms with van der Waals surface area (Å²) in [5.74, 6) is 1.31. The van der Waals surface area contributed by atoms with Crippen molar-refractivity contribution >= 4 is 17.0 Å². The summed E-state index contributed by atoms with van der Waals surface area (Å²) in [5.41, 5.74) is 7.38. The Morgan fingerprint density at radius 1 is 1.29 bits per heavy atom. The first-order chi connectivity index (χ1) is 8.10. The van der Waals surface area contributed by atoms with Gasteiger partial charge in [0, 0.05) is 10.9 Å². The van der Waals surface area contributed by atoms with Crippen molar-refractivity contribution in [3.63, 3.8) is 0 Å². The maximum atomic E-state index is 5.86. The number of aryl methyl sites for hydroxylation is 2. The van der Waals surface area contributed by atoms with Gasteiger partial charge in [-0.2, -0.15) is 0 Å². The van der Waals surface area contributed by atoms with Crippen LogP contribution in [0.1, 0.15) is 10.6 Å². The summed E-state index contributed by atoms with van der Waals surface area (Å²) in [6, 6.07) is 5.31. The lowest BCUT2D eigenvalue weighted by Crippen LogP contribution is -1.93. The standard InChI is InChI=1S/C12H14N2O2S/c1-7-8(2)17-12(14-7)16-11-5-4-9(15-3)6-10(11)13/h4-6H,13H2,1-3H3. The Labute approximate surface area is 104 Å². The zero-order valence-electron chi connectivity index (χ0n) is 9.98. The first-order valence-corrected chi connectivity index (χ1v) is 5.97. The van der Waals surface area contributed by atoms with E-state index in [9.17, 15) is 0 Å². The van der Waals surface area contributed by atoms with E-state index in [1.54, 1.807) is 25.3 Å². The maximum Gasteiger partial charge on any atom is 0.279 e. The van der Waals surface area contributed by atoms with Crippen molar-refractivity contribution in [1.82, 2.24) is 4.98 Å². The van der Waals surface area contributed by atoms with Crippen LogP contribution in [0.5, 0.6) is 16.7 Å². The van der Waals surface area contributed by atoms with Crippen LogP contribution in [0.3, 0.4) is 0 Å². The molecule has 0 aliphatic rings. The second-order valence-corrected chi connectivity index (χ2v) is 4.79. The van der Waals surface area contributed by atoms with Crippen LogP contribution in [0.25, 0.3) is 0 Å². The molecule has 1 aromatic carbocycles. The number of nitrogens with zero attached hydrogens (tertiary/aromatic N) is 1. The molecular weight excluding hydrogens is 236 g/mol. The molecule has 0 fully saturated rings. The lowest BCUT2D eigenvalue weighted by atomic mass is 10.3. The van der Waals surface area contributed by atoms with E-state index in [1.807, 2.05) is 13.8 Å². The minimum atomic E-state index is 0.537. The third-order valence-corrected chi connectivity index (χ3v) is 3.37. The Morgan fingerprint density at radius 3 is 2.59 bits per heavy atom.